The van der Waals surface area contributed by atoms with Crippen molar-refractivity contribution in [2.45, 2.75) is 36.6 Å². The Morgan fingerprint density at radius 2 is 0.349 bits per heavy atom. The predicted molar refractivity (Wildman–Crippen MR) is 191 cm³/mol. The van der Waals surface area contributed by atoms with Gasteiger partial charge in [0.1, 0.15) is 89.5 Å². The van der Waals surface area contributed by atoms with Gasteiger partial charge in [-0.25, -0.2) is 0 Å². The molecule has 0 saturated heterocycles. The minimum absolute atomic E-state index is 0.100. The third-order valence-corrected chi connectivity index (χ3v) is 7.35. The molecule has 0 aliphatic carbocycles. The Labute approximate surface area is 359 Å². The standard InChI is InChI=1S/C34H62F8O21/c35-56-9-1-43-17-29(50-5-13-60-39)21-47-23-31(54-27-33(52-7-15-62-41)19-45-3-11-58-37)25-49-26-32(55-28-34(53-8-16-63-42)20-46-4-12-59-38)24-48-22-30(51-6-14-61-40)18-44-2-10-57-36/h29-34H,1-28H2. The molecule has 0 aliphatic rings. The van der Waals surface area contributed by atoms with Gasteiger partial charge in [-0.3, -0.25) is 0 Å². The van der Waals surface area contributed by atoms with Gasteiger partial charge in [-0.15, -0.1) is 0 Å². The molecule has 0 aromatic heterocycles. The van der Waals surface area contributed by atoms with E-state index in [2.05, 4.69) is 39.5 Å². The van der Waals surface area contributed by atoms with Crippen LogP contribution in [0.3, 0.4) is 0 Å². The molecular weight excluding hydrogens is 896 g/mol. The van der Waals surface area contributed by atoms with Crippen molar-refractivity contribution in [1.82, 2.24) is 0 Å². The maximum Gasteiger partial charge on any atom is 0.111 e. The number of ether oxygens (including phenoxy) is 13. The lowest BCUT2D eigenvalue weighted by Crippen LogP contribution is -2.37. The van der Waals surface area contributed by atoms with Crippen LogP contribution in [0.15, 0.2) is 0 Å². The molecular formula is C34H62F8O21. The number of hydrogen-bond donors (Lipinski definition) is 0. The largest absolute Gasteiger partial charge is 0.376 e. The van der Waals surface area contributed by atoms with Gasteiger partial charge in [0.05, 0.1) is 132 Å². The molecule has 0 amide bonds. The molecule has 0 aromatic carbocycles. The summed E-state index contributed by atoms with van der Waals surface area (Å²) in [6.45, 7) is -6.17. The SMILES string of the molecule is FOCCOCC(COCC(COCC(COCC(COCCOF)OCCOF)OCC(COCCOF)OCCOF)OCC(COCCOF)OCCOF)OCCOF. The summed E-state index contributed by atoms with van der Waals surface area (Å²) in [5, 5.41) is 0. The van der Waals surface area contributed by atoms with Crippen LogP contribution in [0.2, 0.25) is 0 Å². The van der Waals surface area contributed by atoms with E-state index < -0.39 is 63.1 Å². The van der Waals surface area contributed by atoms with Crippen LogP contribution in [-0.2, 0) is 101 Å². The van der Waals surface area contributed by atoms with E-state index in [1.165, 1.54) is 0 Å². The topological polar surface area (TPSA) is 194 Å². The van der Waals surface area contributed by atoms with Crippen molar-refractivity contribution in [1.29, 1.82) is 0 Å². The number of rotatable bonds is 54. The van der Waals surface area contributed by atoms with Gasteiger partial charge in [0.25, 0.3) is 0 Å². The van der Waals surface area contributed by atoms with E-state index in [1.54, 1.807) is 0 Å². The highest BCUT2D eigenvalue weighted by atomic mass is 19.3. The van der Waals surface area contributed by atoms with Crippen molar-refractivity contribution in [2.24, 2.45) is 0 Å². The molecule has 29 heteroatoms. The zero-order chi connectivity index (χ0) is 46.1. The van der Waals surface area contributed by atoms with Crippen LogP contribution in [-0.4, -0.2) is 222 Å². The molecule has 0 N–H and O–H groups in total. The van der Waals surface area contributed by atoms with Crippen molar-refractivity contribution >= 4 is 0 Å². The third-order valence-electron chi connectivity index (χ3n) is 7.35. The highest BCUT2D eigenvalue weighted by Crippen LogP contribution is 2.08. The Morgan fingerprint density at radius 1 is 0.175 bits per heavy atom. The first kappa shape index (κ1) is 61.6. The predicted octanol–water partition coefficient (Wildman–Crippen LogP) is 2.62. The van der Waals surface area contributed by atoms with Gasteiger partial charge >= 0.3 is 0 Å². The summed E-state index contributed by atoms with van der Waals surface area (Å²) in [6.07, 6.45) is -4.98. The van der Waals surface area contributed by atoms with Gasteiger partial charge in [0.2, 0.25) is 0 Å². The normalized spacial score (nSPS) is 14.9. The highest BCUT2D eigenvalue weighted by molar-refractivity contribution is 4.67. The molecule has 0 rings (SSSR count). The Bertz CT molecular complexity index is 834. The van der Waals surface area contributed by atoms with E-state index in [0.717, 1.165) is 0 Å². The van der Waals surface area contributed by atoms with Gasteiger partial charge in [-0.2, -0.15) is 39.5 Å². The average Bonchev–Trinajstić information content (AvgIpc) is 3.29. The van der Waals surface area contributed by atoms with Crippen molar-refractivity contribution in [3.63, 3.8) is 0 Å². The molecule has 0 radical (unpaired) electrons. The van der Waals surface area contributed by atoms with E-state index in [4.69, 9.17) is 61.6 Å². The van der Waals surface area contributed by atoms with Gasteiger partial charge < -0.3 is 61.6 Å². The fraction of sp³-hybridized carbons (Fsp3) is 1.00. The summed E-state index contributed by atoms with van der Waals surface area (Å²) in [7, 11) is 0. The monoisotopic (exact) mass is 958 g/mol. The zero-order valence-corrected chi connectivity index (χ0v) is 34.9. The fourth-order valence-electron chi connectivity index (χ4n) is 4.55. The molecule has 0 aromatic rings. The number of hydrogen-bond acceptors (Lipinski definition) is 21. The lowest BCUT2D eigenvalue weighted by atomic mass is 10.3. The summed E-state index contributed by atoms with van der Waals surface area (Å²) in [5.74, 6) is 0. The summed E-state index contributed by atoms with van der Waals surface area (Å²) in [4.78, 5) is 28.1. The molecule has 380 valence electrons. The van der Waals surface area contributed by atoms with E-state index >= 15 is 0 Å². The van der Waals surface area contributed by atoms with Crippen LogP contribution in [0.4, 0.5) is 36.2 Å². The second-order valence-corrected chi connectivity index (χ2v) is 12.3. The van der Waals surface area contributed by atoms with Crippen molar-refractivity contribution in [3.8, 4) is 0 Å². The molecule has 0 heterocycles. The summed E-state index contributed by atoms with van der Waals surface area (Å²) >= 11 is 0. The first-order chi connectivity index (χ1) is 31.0. The molecule has 0 fully saturated rings. The minimum Gasteiger partial charge on any atom is -0.376 e. The van der Waals surface area contributed by atoms with Crippen LogP contribution >= 0.6 is 0 Å². The molecule has 0 saturated carbocycles. The van der Waals surface area contributed by atoms with Gasteiger partial charge in [-0.1, -0.05) is 0 Å². The smallest absolute Gasteiger partial charge is 0.111 e. The second-order valence-electron chi connectivity index (χ2n) is 12.3. The summed E-state index contributed by atoms with van der Waals surface area (Å²) in [6, 6.07) is 0. The van der Waals surface area contributed by atoms with Crippen molar-refractivity contribution in [2.75, 3.05) is 185 Å². The molecule has 0 aliphatic heterocycles. The minimum atomic E-state index is -0.885. The maximum atomic E-state index is 12.3. The van der Waals surface area contributed by atoms with E-state index in [9.17, 15) is 36.2 Å². The lowest BCUT2D eigenvalue weighted by Gasteiger charge is -2.26. The molecule has 6 unspecified atom stereocenters. The van der Waals surface area contributed by atoms with Crippen LogP contribution in [0, 0.1) is 0 Å². The molecule has 0 bridgehead atoms. The van der Waals surface area contributed by atoms with Crippen LogP contribution in [0.1, 0.15) is 0 Å². The molecule has 6 atom stereocenters. The summed E-state index contributed by atoms with van der Waals surface area (Å²) in [5.41, 5.74) is 0. The van der Waals surface area contributed by atoms with E-state index in [1.807, 2.05) is 0 Å². The van der Waals surface area contributed by atoms with Gasteiger partial charge in [-0.05, 0) is 36.2 Å². The Hall–Kier alpha value is -1.40. The average molecular weight is 959 g/mol. The lowest BCUT2D eigenvalue weighted by molar-refractivity contribution is -0.177. The van der Waals surface area contributed by atoms with Crippen molar-refractivity contribution in [3.05, 3.63) is 0 Å². The van der Waals surface area contributed by atoms with Crippen LogP contribution in [0.25, 0.3) is 0 Å². The zero-order valence-electron chi connectivity index (χ0n) is 34.9. The Morgan fingerprint density at radius 3 is 0.571 bits per heavy atom. The van der Waals surface area contributed by atoms with Crippen LogP contribution in [0.5, 0.6) is 0 Å². The quantitative estimate of drug-likeness (QED) is 0.0638. The third kappa shape index (κ3) is 41.8. The number of halogens is 8. The molecule has 63 heavy (non-hydrogen) atoms. The van der Waals surface area contributed by atoms with Gasteiger partial charge in [0.15, 0.2) is 0 Å². The van der Waals surface area contributed by atoms with Gasteiger partial charge in [0, 0.05) is 0 Å². The Kier molecular flexibility index (Phi) is 48.9. The van der Waals surface area contributed by atoms with Crippen LogP contribution < -0.4 is 0 Å². The maximum absolute atomic E-state index is 12.3. The Balaban J connectivity index is 6.00. The summed E-state index contributed by atoms with van der Waals surface area (Å²) < 4.78 is 171. The first-order valence-corrected chi connectivity index (χ1v) is 19.6. The molecule has 21 nitrogen and oxygen atoms in total. The van der Waals surface area contributed by atoms with E-state index in [0.29, 0.717) is 0 Å². The first-order valence-electron chi connectivity index (χ1n) is 19.6. The van der Waals surface area contributed by atoms with E-state index in [-0.39, 0.29) is 159 Å². The van der Waals surface area contributed by atoms with Crippen molar-refractivity contribution < 1.29 is 137 Å². The second kappa shape index (κ2) is 50.0. The molecule has 0 spiro atoms. The highest BCUT2D eigenvalue weighted by Gasteiger charge is 2.22. The fourth-order valence-corrected chi connectivity index (χ4v) is 4.55.